The lowest BCUT2D eigenvalue weighted by Crippen LogP contribution is -2.32. The smallest absolute Gasteiger partial charge is 0.134 e. The van der Waals surface area contributed by atoms with Gasteiger partial charge in [0, 0.05) is 11.9 Å². The van der Waals surface area contributed by atoms with Crippen LogP contribution in [-0.4, -0.2) is 20.8 Å². The highest BCUT2D eigenvalue weighted by Gasteiger charge is 2.37. The Hall–Kier alpha value is -1.03. The summed E-state index contributed by atoms with van der Waals surface area (Å²) in [5.74, 6) is 0.324. The van der Waals surface area contributed by atoms with Gasteiger partial charge in [-0.15, -0.1) is 11.6 Å². The molecule has 1 aromatic heterocycles. The lowest BCUT2D eigenvalue weighted by molar-refractivity contribution is 0.0662. The molecule has 3 nitrogen and oxygen atoms in total. The summed E-state index contributed by atoms with van der Waals surface area (Å²) in [6.07, 6.45) is 1.94. The van der Waals surface area contributed by atoms with Crippen LogP contribution in [0.15, 0.2) is 36.5 Å². The number of hydrogen-bond acceptors (Lipinski definition) is 2. The summed E-state index contributed by atoms with van der Waals surface area (Å²) >= 11 is 12.2. The van der Waals surface area contributed by atoms with Gasteiger partial charge in [-0.3, -0.25) is 4.68 Å². The molecule has 1 heterocycles. The van der Waals surface area contributed by atoms with Crippen molar-refractivity contribution < 1.29 is 5.11 Å². The molecule has 1 aromatic carbocycles. The highest BCUT2D eigenvalue weighted by atomic mass is 35.5. The Kier molecular flexibility index (Phi) is 4.74. The Labute approximate surface area is 129 Å². The van der Waals surface area contributed by atoms with Crippen molar-refractivity contribution in [3.05, 3.63) is 52.8 Å². The van der Waals surface area contributed by atoms with Gasteiger partial charge in [-0.05, 0) is 25.8 Å². The van der Waals surface area contributed by atoms with Gasteiger partial charge in [-0.1, -0.05) is 41.9 Å². The number of aliphatic hydroxyl groups is 1. The first kappa shape index (κ1) is 15.4. The molecular formula is C15H18Cl2N2O. The summed E-state index contributed by atoms with van der Waals surface area (Å²) in [7, 11) is 0. The number of halogens is 2. The summed E-state index contributed by atoms with van der Waals surface area (Å²) in [6, 6.07) is 9.53. The van der Waals surface area contributed by atoms with Crippen LogP contribution in [0.2, 0.25) is 5.02 Å². The molecule has 0 fully saturated rings. The van der Waals surface area contributed by atoms with Crippen molar-refractivity contribution in [3.8, 4) is 0 Å². The Morgan fingerprint density at radius 3 is 2.50 bits per heavy atom. The first-order chi connectivity index (χ1) is 9.50. The van der Waals surface area contributed by atoms with Gasteiger partial charge in [0.25, 0.3) is 0 Å². The molecule has 2 rings (SSSR count). The van der Waals surface area contributed by atoms with E-state index in [1.54, 1.807) is 10.9 Å². The molecule has 0 bridgehead atoms. The van der Waals surface area contributed by atoms with Crippen LogP contribution in [0, 0.1) is 0 Å². The minimum Gasteiger partial charge on any atom is -0.379 e. The molecule has 0 aliphatic carbocycles. The SMILES string of the molecule is CC(C)n1ncc(Cl)c1C(O)(CCCl)c1ccccc1. The summed E-state index contributed by atoms with van der Waals surface area (Å²) in [4.78, 5) is 0. The Morgan fingerprint density at radius 1 is 1.30 bits per heavy atom. The number of benzene rings is 1. The molecular weight excluding hydrogens is 295 g/mol. The molecule has 1 unspecified atom stereocenters. The number of hydrogen-bond donors (Lipinski definition) is 1. The molecule has 0 amide bonds. The standard InChI is InChI=1S/C15H18Cl2N2O/c1-11(2)19-14(13(17)10-18-19)15(20,8-9-16)12-6-4-3-5-7-12/h3-7,10-11,20H,8-9H2,1-2H3. The van der Waals surface area contributed by atoms with Crippen molar-refractivity contribution in [2.75, 3.05) is 5.88 Å². The monoisotopic (exact) mass is 312 g/mol. The minimum absolute atomic E-state index is 0.100. The molecule has 0 aliphatic rings. The topological polar surface area (TPSA) is 38.0 Å². The molecule has 0 radical (unpaired) electrons. The maximum absolute atomic E-state index is 11.2. The van der Waals surface area contributed by atoms with Crippen LogP contribution in [0.1, 0.15) is 37.6 Å². The zero-order valence-corrected chi connectivity index (χ0v) is 13.1. The van der Waals surface area contributed by atoms with Crippen LogP contribution in [0.25, 0.3) is 0 Å². The number of rotatable bonds is 5. The van der Waals surface area contributed by atoms with Gasteiger partial charge in [-0.25, -0.2) is 0 Å². The van der Waals surface area contributed by atoms with E-state index in [0.717, 1.165) is 5.56 Å². The first-order valence-electron chi connectivity index (χ1n) is 6.58. The predicted molar refractivity (Wildman–Crippen MR) is 82.4 cm³/mol. The normalized spacial score (nSPS) is 14.5. The van der Waals surface area contributed by atoms with E-state index in [-0.39, 0.29) is 6.04 Å². The van der Waals surface area contributed by atoms with Crippen molar-refractivity contribution in [3.63, 3.8) is 0 Å². The summed E-state index contributed by atoms with van der Waals surface area (Å²) in [5.41, 5.74) is 0.131. The van der Waals surface area contributed by atoms with E-state index in [2.05, 4.69) is 5.10 Å². The fourth-order valence-electron chi connectivity index (χ4n) is 2.37. The van der Waals surface area contributed by atoms with E-state index in [9.17, 15) is 5.11 Å². The van der Waals surface area contributed by atoms with Gasteiger partial charge >= 0.3 is 0 Å². The second kappa shape index (κ2) is 6.17. The van der Waals surface area contributed by atoms with Gasteiger partial charge in [-0.2, -0.15) is 5.10 Å². The van der Waals surface area contributed by atoms with Crippen LogP contribution in [0.3, 0.4) is 0 Å². The molecule has 20 heavy (non-hydrogen) atoms. The van der Waals surface area contributed by atoms with Gasteiger partial charge in [0.1, 0.15) is 5.60 Å². The van der Waals surface area contributed by atoms with Crippen LogP contribution >= 0.6 is 23.2 Å². The third-order valence-electron chi connectivity index (χ3n) is 3.34. The second-order valence-corrected chi connectivity index (χ2v) is 5.83. The Bertz CT molecular complexity index is 569. The van der Waals surface area contributed by atoms with E-state index in [1.165, 1.54) is 0 Å². The average molecular weight is 313 g/mol. The largest absolute Gasteiger partial charge is 0.379 e. The van der Waals surface area contributed by atoms with E-state index in [4.69, 9.17) is 23.2 Å². The first-order valence-corrected chi connectivity index (χ1v) is 7.49. The lowest BCUT2D eigenvalue weighted by Gasteiger charge is -2.30. The summed E-state index contributed by atoms with van der Waals surface area (Å²) in [6.45, 7) is 4.00. The summed E-state index contributed by atoms with van der Waals surface area (Å²) < 4.78 is 1.75. The van der Waals surface area contributed by atoms with E-state index >= 15 is 0 Å². The molecule has 5 heteroatoms. The third kappa shape index (κ3) is 2.71. The minimum atomic E-state index is -1.24. The number of aromatic nitrogens is 2. The van der Waals surface area contributed by atoms with Crippen molar-refractivity contribution >= 4 is 23.2 Å². The zero-order valence-electron chi connectivity index (χ0n) is 11.6. The molecule has 1 atom stereocenters. The molecule has 0 saturated heterocycles. The van der Waals surface area contributed by atoms with Gasteiger partial charge < -0.3 is 5.11 Å². The van der Waals surface area contributed by atoms with Crippen LogP contribution < -0.4 is 0 Å². The van der Waals surface area contributed by atoms with Crippen molar-refractivity contribution in [1.29, 1.82) is 0 Å². The molecule has 0 aliphatic heterocycles. The fourth-order valence-corrected chi connectivity index (χ4v) is 2.93. The second-order valence-electron chi connectivity index (χ2n) is 5.04. The Balaban J connectivity index is 2.62. The molecule has 1 N–H and O–H groups in total. The fraction of sp³-hybridized carbons (Fsp3) is 0.400. The van der Waals surface area contributed by atoms with E-state index in [0.29, 0.717) is 23.0 Å². The molecule has 0 spiro atoms. The van der Waals surface area contributed by atoms with Gasteiger partial charge in [0.2, 0.25) is 0 Å². The van der Waals surface area contributed by atoms with Crippen molar-refractivity contribution in [2.45, 2.75) is 31.9 Å². The maximum Gasteiger partial charge on any atom is 0.134 e. The third-order valence-corrected chi connectivity index (χ3v) is 3.80. The highest BCUT2D eigenvalue weighted by Crippen LogP contribution is 2.38. The quantitative estimate of drug-likeness (QED) is 0.848. The Morgan fingerprint density at radius 2 is 1.95 bits per heavy atom. The van der Waals surface area contributed by atoms with Crippen molar-refractivity contribution in [2.24, 2.45) is 0 Å². The highest BCUT2D eigenvalue weighted by molar-refractivity contribution is 6.31. The van der Waals surface area contributed by atoms with E-state index < -0.39 is 5.60 Å². The maximum atomic E-state index is 11.2. The predicted octanol–water partition coefficient (Wildman–Crippen LogP) is 3.98. The van der Waals surface area contributed by atoms with Crippen molar-refractivity contribution in [1.82, 2.24) is 9.78 Å². The number of alkyl halides is 1. The summed E-state index contributed by atoms with van der Waals surface area (Å²) in [5, 5.41) is 15.9. The van der Waals surface area contributed by atoms with Gasteiger partial charge in [0.15, 0.2) is 0 Å². The van der Waals surface area contributed by atoms with Crippen LogP contribution in [0.4, 0.5) is 0 Å². The average Bonchev–Trinajstić information content (AvgIpc) is 2.82. The molecule has 108 valence electrons. The number of nitrogens with zero attached hydrogens (tertiary/aromatic N) is 2. The van der Waals surface area contributed by atoms with Crippen LogP contribution in [0.5, 0.6) is 0 Å². The van der Waals surface area contributed by atoms with Gasteiger partial charge in [0.05, 0.1) is 16.9 Å². The van der Waals surface area contributed by atoms with E-state index in [1.807, 2.05) is 44.2 Å². The zero-order chi connectivity index (χ0) is 14.8. The molecule has 2 aromatic rings. The lowest BCUT2D eigenvalue weighted by atomic mass is 9.87. The van der Waals surface area contributed by atoms with Crippen LogP contribution in [-0.2, 0) is 5.60 Å². The molecule has 0 saturated carbocycles.